The zero-order valence-corrected chi connectivity index (χ0v) is 9.19. The molecule has 1 heterocycles. The highest BCUT2D eigenvalue weighted by Crippen LogP contribution is 2.00. The Morgan fingerprint density at radius 2 is 2.31 bits per heavy atom. The number of carbonyl (C=O) groups excluding carboxylic acids is 1. The zero-order chi connectivity index (χ0) is 12.0. The molecule has 0 bridgehead atoms. The summed E-state index contributed by atoms with van der Waals surface area (Å²) in [5, 5.41) is 11.6. The number of aromatic amines is 1. The van der Waals surface area contributed by atoms with E-state index in [9.17, 15) is 9.59 Å². The fourth-order valence-electron chi connectivity index (χ4n) is 1.35. The topological polar surface area (TPSA) is 82.2 Å². The van der Waals surface area contributed by atoms with E-state index in [-0.39, 0.29) is 24.1 Å². The van der Waals surface area contributed by atoms with Crippen LogP contribution < -0.4 is 10.9 Å². The maximum atomic E-state index is 11.7. The number of hydrogen-bond acceptors (Lipinski definition) is 3. The molecule has 5 nitrogen and oxygen atoms in total. The van der Waals surface area contributed by atoms with E-state index in [1.54, 1.807) is 0 Å². The molecule has 1 aromatic heterocycles. The van der Waals surface area contributed by atoms with Crippen molar-refractivity contribution in [1.29, 1.82) is 0 Å². The molecule has 0 aromatic carbocycles. The van der Waals surface area contributed by atoms with Crippen molar-refractivity contribution >= 4 is 5.91 Å². The fraction of sp³-hybridized carbons (Fsp3) is 0.455. The number of H-pyrrole nitrogens is 1. The van der Waals surface area contributed by atoms with Gasteiger partial charge in [0.1, 0.15) is 0 Å². The van der Waals surface area contributed by atoms with Gasteiger partial charge < -0.3 is 15.4 Å². The third-order valence-corrected chi connectivity index (χ3v) is 2.35. The highest BCUT2D eigenvalue weighted by atomic mass is 16.3. The number of pyridine rings is 1. The minimum Gasteiger partial charge on any atom is -0.396 e. The molecule has 16 heavy (non-hydrogen) atoms. The molecule has 0 saturated carbocycles. The Bertz CT molecular complexity index is 380. The van der Waals surface area contributed by atoms with Crippen LogP contribution >= 0.6 is 0 Å². The molecule has 3 N–H and O–H groups in total. The molecule has 1 aromatic rings. The van der Waals surface area contributed by atoms with Crippen LogP contribution in [0.2, 0.25) is 0 Å². The van der Waals surface area contributed by atoms with Gasteiger partial charge in [0.05, 0.1) is 5.56 Å². The van der Waals surface area contributed by atoms with Gasteiger partial charge in [-0.1, -0.05) is 6.92 Å². The van der Waals surface area contributed by atoms with Gasteiger partial charge in [-0.25, -0.2) is 0 Å². The maximum absolute atomic E-state index is 11.7. The molecule has 1 atom stereocenters. The molecule has 1 amide bonds. The van der Waals surface area contributed by atoms with Gasteiger partial charge in [-0.2, -0.15) is 0 Å². The molecule has 0 aliphatic carbocycles. The highest BCUT2D eigenvalue weighted by molar-refractivity contribution is 5.93. The molecule has 0 saturated heterocycles. The van der Waals surface area contributed by atoms with Crippen molar-refractivity contribution in [2.24, 2.45) is 0 Å². The molecule has 0 spiro atoms. The second-order valence-electron chi connectivity index (χ2n) is 3.53. The monoisotopic (exact) mass is 224 g/mol. The predicted molar refractivity (Wildman–Crippen MR) is 60.3 cm³/mol. The van der Waals surface area contributed by atoms with Crippen molar-refractivity contribution in [3.05, 3.63) is 34.2 Å². The molecule has 5 heteroatoms. The third kappa shape index (κ3) is 3.51. The Kier molecular flexibility index (Phi) is 4.72. The lowest BCUT2D eigenvalue weighted by molar-refractivity contribution is 0.0928. The molecule has 0 aliphatic heterocycles. The average molecular weight is 224 g/mol. The molecule has 88 valence electrons. The van der Waals surface area contributed by atoms with Gasteiger partial charge in [0.2, 0.25) is 5.56 Å². The smallest absolute Gasteiger partial charge is 0.252 e. The first kappa shape index (κ1) is 12.4. The first-order chi connectivity index (χ1) is 7.67. The Morgan fingerprint density at radius 1 is 1.56 bits per heavy atom. The Hall–Kier alpha value is -1.62. The van der Waals surface area contributed by atoms with Crippen molar-refractivity contribution in [3.63, 3.8) is 0 Å². The molecule has 0 aliphatic rings. The maximum Gasteiger partial charge on any atom is 0.252 e. The summed E-state index contributed by atoms with van der Waals surface area (Å²) in [6.45, 7) is 1.98. The Labute approximate surface area is 93.5 Å². The van der Waals surface area contributed by atoms with E-state index in [2.05, 4.69) is 10.3 Å². The van der Waals surface area contributed by atoms with E-state index in [1.807, 2.05) is 6.92 Å². The van der Waals surface area contributed by atoms with Crippen LogP contribution in [-0.2, 0) is 0 Å². The Morgan fingerprint density at radius 3 is 2.81 bits per heavy atom. The van der Waals surface area contributed by atoms with Gasteiger partial charge in [0.15, 0.2) is 0 Å². The summed E-state index contributed by atoms with van der Waals surface area (Å²) in [5.74, 6) is -0.239. The molecular weight excluding hydrogens is 208 g/mol. The van der Waals surface area contributed by atoms with Crippen LogP contribution in [0.5, 0.6) is 0 Å². The van der Waals surface area contributed by atoms with Crippen molar-refractivity contribution in [3.8, 4) is 0 Å². The van der Waals surface area contributed by atoms with Crippen LogP contribution in [0.1, 0.15) is 30.1 Å². The van der Waals surface area contributed by atoms with Crippen LogP contribution in [-0.4, -0.2) is 28.6 Å². The SMILES string of the molecule is CCC(CCO)NC(=O)c1ccc(=O)[nH]c1. The molecule has 1 rings (SSSR count). The second kappa shape index (κ2) is 6.07. The van der Waals surface area contributed by atoms with Gasteiger partial charge in [0, 0.05) is 24.9 Å². The minimum atomic E-state index is -0.239. The standard InChI is InChI=1S/C11H16N2O3/c1-2-9(5-6-14)13-11(16)8-3-4-10(15)12-7-8/h3-4,7,9,14H,2,5-6H2,1H3,(H,12,15)(H,13,16). The lowest BCUT2D eigenvalue weighted by Gasteiger charge is -2.15. The van der Waals surface area contributed by atoms with E-state index in [0.717, 1.165) is 6.42 Å². The quantitative estimate of drug-likeness (QED) is 0.671. The van der Waals surface area contributed by atoms with Gasteiger partial charge in [-0.15, -0.1) is 0 Å². The first-order valence-corrected chi connectivity index (χ1v) is 5.27. The summed E-state index contributed by atoms with van der Waals surface area (Å²) < 4.78 is 0. The van der Waals surface area contributed by atoms with E-state index in [0.29, 0.717) is 12.0 Å². The van der Waals surface area contributed by atoms with Crippen molar-refractivity contribution in [1.82, 2.24) is 10.3 Å². The summed E-state index contributed by atoms with van der Waals surface area (Å²) in [6.07, 6.45) is 2.67. The van der Waals surface area contributed by atoms with Gasteiger partial charge >= 0.3 is 0 Å². The molecule has 1 unspecified atom stereocenters. The number of amides is 1. The van der Waals surface area contributed by atoms with Crippen molar-refractivity contribution in [2.45, 2.75) is 25.8 Å². The fourth-order valence-corrected chi connectivity index (χ4v) is 1.35. The summed E-state index contributed by atoms with van der Waals surface area (Å²) in [6, 6.07) is 2.74. The average Bonchev–Trinajstić information content (AvgIpc) is 2.29. The van der Waals surface area contributed by atoms with Crippen molar-refractivity contribution in [2.75, 3.05) is 6.61 Å². The molecular formula is C11H16N2O3. The van der Waals surface area contributed by atoms with Gasteiger partial charge in [-0.05, 0) is 18.9 Å². The summed E-state index contributed by atoms with van der Waals surface area (Å²) in [5.41, 5.74) is 0.176. The second-order valence-corrected chi connectivity index (χ2v) is 3.53. The summed E-state index contributed by atoms with van der Waals surface area (Å²) >= 11 is 0. The highest BCUT2D eigenvalue weighted by Gasteiger charge is 2.11. The number of nitrogens with one attached hydrogen (secondary N) is 2. The number of rotatable bonds is 5. The number of aliphatic hydroxyl groups is 1. The van der Waals surface area contributed by atoms with E-state index < -0.39 is 0 Å². The largest absolute Gasteiger partial charge is 0.396 e. The van der Waals surface area contributed by atoms with E-state index >= 15 is 0 Å². The predicted octanol–water partition coefficient (Wildman–Crippen LogP) is 0.266. The summed E-state index contributed by atoms with van der Waals surface area (Å²) in [7, 11) is 0. The van der Waals surface area contributed by atoms with Crippen LogP contribution in [0.4, 0.5) is 0 Å². The number of aliphatic hydroxyl groups excluding tert-OH is 1. The lowest BCUT2D eigenvalue weighted by Crippen LogP contribution is -2.35. The Balaban J connectivity index is 2.64. The van der Waals surface area contributed by atoms with E-state index in [4.69, 9.17) is 5.11 Å². The van der Waals surface area contributed by atoms with E-state index in [1.165, 1.54) is 18.3 Å². The minimum absolute atomic E-state index is 0.0376. The van der Waals surface area contributed by atoms with Crippen molar-refractivity contribution < 1.29 is 9.90 Å². The number of hydrogen-bond donors (Lipinski definition) is 3. The van der Waals surface area contributed by atoms with Crippen LogP contribution in [0.25, 0.3) is 0 Å². The first-order valence-electron chi connectivity index (χ1n) is 5.27. The number of aromatic nitrogens is 1. The molecule has 0 fully saturated rings. The van der Waals surface area contributed by atoms with Gasteiger partial charge in [0.25, 0.3) is 5.91 Å². The lowest BCUT2D eigenvalue weighted by atomic mass is 10.1. The molecule has 0 radical (unpaired) electrons. The van der Waals surface area contributed by atoms with Crippen LogP contribution in [0, 0.1) is 0 Å². The van der Waals surface area contributed by atoms with Crippen LogP contribution in [0.3, 0.4) is 0 Å². The summed E-state index contributed by atoms with van der Waals surface area (Å²) in [4.78, 5) is 24.9. The third-order valence-electron chi connectivity index (χ3n) is 2.35. The number of carbonyl (C=O) groups is 1. The zero-order valence-electron chi connectivity index (χ0n) is 9.19. The van der Waals surface area contributed by atoms with Gasteiger partial charge in [-0.3, -0.25) is 9.59 Å². The normalized spacial score (nSPS) is 12.1. The van der Waals surface area contributed by atoms with Crippen LogP contribution in [0.15, 0.2) is 23.1 Å².